The highest BCUT2D eigenvalue weighted by Crippen LogP contribution is 2.35. The maximum Gasteiger partial charge on any atom is 0.294 e. The zero-order chi connectivity index (χ0) is 19.9. The first-order valence-electron chi connectivity index (χ1n) is 8.82. The van der Waals surface area contributed by atoms with Crippen LogP contribution in [-0.4, -0.2) is 48.9 Å². The molecule has 0 aliphatic carbocycles. The smallest absolute Gasteiger partial charge is 0.294 e. The summed E-state index contributed by atoms with van der Waals surface area (Å²) in [5.41, 5.74) is 0. The minimum Gasteiger partial charge on any atom is -0.331 e. The Hall–Kier alpha value is 0.1000. The lowest BCUT2D eigenvalue weighted by Crippen LogP contribution is -2.54. The minimum absolute atomic E-state index is 0.341. The van der Waals surface area contributed by atoms with Gasteiger partial charge < -0.3 is 4.74 Å². The molecule has 0 amide bonds. The van der Waals surface area contributed by atoms with Crippen LogP contribution in [0.15, 0.2) is 9.98 Å². The Morgan fingerprint density at radius 2 is 1.54 bits per heavy atom. The molecule has 6 nitrogen and oxygen atoms in total. The number of hydrogen-bond acceptors (Lipinski definition) is 10. The predicted molar refractivity (Wildman–Crippen MR) is 124 cm³/mol. The second-order valence-electron chi connectivity index (χ2n) is 6.78. The third-order valence-corrected chi connectivity index (χ3v) is 6.59. The molecule has 0 radical (unpaired) electrons. The fourth-order valence-corrected chi connectivity index (χ4v) is 5.62. The first-order valence-corrected chi connectivity index (χ1v) is 12.2. The third kappa shape index (κ3) is 8.41. The summed E-state index contributed by atoms with van der Waals surface area (Å²) in [6, 6.07) is 0. The van der Waals surface area contributed by atoms with Gasteiger partial charge in [0.05, 0.1) is 0 Å². The van der Waals surface area contributed by atoms with E-state index in [4.69, 9.17) is 14.7 Å². The number of rotatable bonds is 9. The van der Waals surface area contributed by atoms with Crippen LogP contribution >= 0.6 is 47.6 Å². The summed E-state index contributed by atoms with van der Waals surface area (Å²) in [4.78, 5) is 9.44. The van der Waals surface area contributed by atoms with E-state index < -0.39 is 5.18 Å². The topological polar surface area (TPSA) is 61.2 Å². The van der Waals surface area contributed by atoms with Gasteiger partial charge in [0.1, 0.15) is 0 Å². The van der Waals surface area contributed by atoms with Gasteiger partial charge >= 0.3 is 0 Å². The molecule has 0 saturated heterocycles. The molecular formula is C16H33N5OS4. The maximum atomic E-state index is 5.81. The van der Waals surface area contributed by atoms with E-state index >= 15 is 0 Å². The Bertz CT molecular complexity index is 489. The van der Waals surface area contributed by atoms with E-state index in [-0.39, 0.29) is 0 Å². The van der Waals surface area contributed by atoms with Crippen LogP contribution in [0, 0.1) is 0 Å². The van der Waals surface area contributed by atoms with E-state index in [1.807, 2.05) is 0 Å². The Morgan fingerprint density at radius 1 is 0.962 bits per heavy atom. The molecule has 0 bridgehead atoms. The first kappa shape index (κ1) is 24.1. The number of thioether (sulfide) groups is 1. The summed E-state index contributed by atoms with van der Waals surface area (Å²) in [6.45, 7) is 17.2. The van der Waals surface area contributed by atoms with Crippen LogP contribution < -0.4 is 10.0 Å². The lowest BCUT2D eigenvalue weighted by molar-refractivity contribution is 0.0634. The lowest BCUT2D eigenvalue weighted by Gasteiger charge is -2.37. The quantitative estimate of drug-likeness (QED) is 0.394. The number of aliphatic imine (C=N–C) groups is 2. The Kier molecular flexibility index (Phi) is 10.4. The molecule has 1 atom stereocenters. The van der Waals surface area contributed by atoms with E-state index in [1.54, 1.807) is 54.7 Å². The molecule has 0 spiro atoms. The second-order valence-corrected chi connectivity index (χ2v) is 13.2. The second kappa shape index (κ2) is 11.2. The summed E-state index contributed by atoms with van der Waals surface area (Å²) in [5, 5.41) is 4.15. The van der Waals surface area contributed by atoms with Gasteiger partial charge in [0.15, 0.2) is 0 Å². The van der Waals surface area contributed by atoms with Crippen molar-refractivity contribution in [3.05, 3.63) is 0 Å². The molecule has 0 aromatic rings. The first-order chi connectivity index (χ1) is 12.1. The molecule has 26 heavy (non-hydrogen) atoms. The highest BCUT2D eigenvalue weighted by atomic mass is 32.2. The molecule has 152 valence electrons. The molecule has 1 aliphatic heterocycles. The van der Waals surface area contributed by atoms with Gasteiger partial charge in [0.25, 0.3) is 5.18 Å². The molecule has 1 aliphatic rings. The van der Waals surface area contributed by atoms with E-state index in [2.05, 4.69) is 69.1 Å². The van der Waals surface area contributed by atoms with Crippen LogP contribution in [0.2, 0.25) is 0 Å². The van der Waals surface area contributed by atoms with Crippen molar-refractivity contribution in [3.63, 3.8) is 0 Å². The summed E-state index contributed by atoms with van der Waals surface area (Å²) in [5.74, 6) is 1.32. The largest absolute Gasteiger partial charge is 0.331 e. The molecule has 1 heterocycles. The summed E-state index contributed by atoms with van der Waals surface area (Å²) in [7, 11) is 1.68. The van der Waals surface area contributed by atoms with Crippen molar-refractivity contribution < 1.29 is 4.74 Å². The average Bonchev–Trinajstić information content (AvgIpc) is 2.50. The van der Waals surface area contributed by atoms with Crippen LogP contribution in [0.1, 0.15) is 55.4 Å². The van der Waals surface area contributed by atoms with E-state index in [1.165, 1.54) is 0 Å². The zero-order valence-corrected chi connectivity index (χ0v) is 20.5. The number of ether oxygens (including phenoxy) is 1. The molecule has 10 heteroatoms. The highest BCUT2D eigenvalue weighted by molar-refractivity contribution is 8.13. The van der Waals surface area contributed by atoms with Crippen LogP contribution in [0.25, 0.3) is 0 Å². The number of nitrogens with one attached hydrogen (secondary N) is 2. The van der Waals surface area contributed by atoms with Crippen molar-refractivity contribution in [1.29, 1.82) is 0 Å². The van der Waals surface area contributed by atoms with Gasteiger partial charge in [-0.1, -0.05) is 67.2 Å². The Labute approximate surface area is 176 Å². The van der Waals surface area contributed by atoms with E-state index in [0.29, 0.717) is 27.0 Å². The number of methoxy groups -OCH3 is 1. The number of nitrogens with zero attached hydrogens (tertiary/aromatic N) is 3. The van der Waals surface area contributed by atoms with Gasteiger partial charge in [-0.3, -0.25) is 10.0 Å². The minimum atomic E-state index is -0.890. The van der Waals surface area contributed by atoms with Gasteiger partial charge in [-0.2, -0.15) is 9.98 Å². The van der Waals surface area contributed by atoms with Crippen LogP contribution in [0.4, 0.5) is 0 Å². The molecule has 1 unspecified atom stereocenters. The van der Waals surface area contributed by atoms with Gasteiger partial charge in [-0.05, 0) is 35.8 Å². The summed E-state index contributed by atoms with van der Waals surface area (Å²) >= 11 is 6.70. The SMILES string of the molecule is COC1(SC(C)C)N=C(NSC(C)C)N=C(N(SC(C)C)SC(C)C)N1. The molecular weight excluding hydrogens is 406 g/mol. The van der Waals surface area contributed by atoms with Crippen LogP contribution in [0.3, 0.4) is 0 Å². The fraction of sp³-hybridized carbons (Fsp3) is 0.875. The van der Waals surface area contributed by atoms with Gasteiger partial charge in [0.2, 0.25) is 11.9 Å². The van der Waals surface area contributed by atoms with Gasteiger partial charge in [-0.15, -0.1) is 0 Å². The normalized spacial score (nSPS) is 20.5. The van der Waals surface area contributed by atoms with Crippen molar-refractivity contribution in [3.8, 4) is 0 Å². The van der Waals surface area contributed by atoms with Crippen molar-refractivity contribution in [2.75, 3.05) is 7.11 Å². The molecule has 1 rings (SSSR count). The van der Waals surface area contributed by atoms with Gasteiger partial charge in [-0.25, -0.2) is 3.71 Å². The summed E-state index contributed by atoms with van der Waals surface area (Å²) in [6.07, 6.45) is 0. The standard InChI is InChI=1S/C16H33N5OS4/c1-10(2)23-16(22-9)18-14(20-24-11(3)4)17-15(19-16)21(25-12(5)6)26-13(7)8/h10-13H,1-9H3,(H2,17,18,19,20). The van der Waals surface area contributed by atoms with Crippen molar-refractivity contribution >= 4 is 59.5 Å². The Morgan fingerprint density at radius 3 is 1.96 bits per heavy atom. The number of guanidine groups is 2. The predicted octanol–water partition coefficient (Wildman–Crippen LogP) is 4.76. The van der Waals surface area contributed by atoms with Crippen molar-refractivity contribution in [1.82, 2.24) is 13.7 Å². The van der Waals surface area contributed by atoms with E-state index in [9.17, 15) is 0 Å². The maximum absolute atomic E-state index is 5.81. The molecule has 0 saturated carbocycles. The average molecular weight is 440 g/mol. The van der Waals surface area contributed by atoms with Crippen LogP contribution in [0.5, 0.6) is 0 Å². The zero-order valence-electron chi connectivity index (χ0n) is 17.2. The third-order valence-electron chi connectivity index (χ3n) is 2.58. The molecule has 0 fully saturated rings. The van der Waals surface area contributed by atoms with Gasteiger partial charge in [0, 0.05) is 28.1 Å². The monoisotopic (exact) mass is 439 g/mol. The van der Waals surface area contributed by atoms with Crippen LogP contribution in [-0.2, 0) is 4.74 Å². The van der Waals surface area contributed by atoms with Crippen molar-refractivity contribution in [2.45, 2.75) is 81.6 Å². The molecule has 0 aromatic heterocycles. The number of hydrogen-bond donors (Lipinski definition) is 2. The fourth-order valence-electron chi connectivity index (χ4n) is 1.79. The lowest BCUT2D eigenvalue weighted by atomic mass is 10.6. The molecule has 2 N–H and O–H groups in total. The molecule has 0 aromatic carbocycles. The van der Waals surface area contributed by atoms with E-state index in [0.717, 1.165) is 5.96 Å². The van der Waals surface area contributed by atoms with Crippen molar-refractivity contribution in [2.24, 2.45) is 9.98 Å². The summed E-state index contributed by atoms with van der Waals surface area (Å²) < 4.78 is 11.2. The Balaban J connectivity index is 3.18. The highest BCUT2D eigenvalue weighted by Gasteiger charge is 2.38.